The molecule has 0 aliphatic heterocycles. The molecule has 3 aromatic rings. The third-order valence-corrected chi connectivity index (χ3v) is 3.91. The van der Waals surface area contributed by atoms with Crippen LogP contribution in [0.15, 0.2) is 60.9 Å². The van der Waals surface area contributed by atoms with Crippen molar-refractivity contribution in [1.29, 1.82) is 0 Å². The number of hydrogen-bond acceptors (Lipinski definition) is 4. The second-order valence-corrected chi connectivity index (χ2v) is 5.83. The van der Waals surface area contributed by atoms with E-state index in [0.29, 0.717) is 12.2 Å². The predicted octanol–water partition coefficient (Wildman–Crippen LogP) is 3.96. The Morgan fingerprint density at radius 1 is 0.960 bits per heavy atom. The molecule has 0 fully saturated rings. The summed E-state index contributed by atoms with van der Waals surface area (Å²) in [5, 5.41) is 6.21. The molecule has 1 aromatic carbocycles. The molecule has 126 valence electrons. The number of aromatic nitrogens is 2. The number of nitrogens with one attached hydrogen (secondary N) is 2. The molecule has 2 heterocycles. The summed E-state index contributed by atoms with van der Waals surface area (Å²) in [6.07, 6.45) is 3.38. The fraction of sp³-hybridized carbons (Fsp3) is 0.150. The SMILES string of the molecule is Cc1cccc(C)c1NC(=O)c1cc(NCc2ccccn2)ccn1. The molecule has 2 aromatic heterocycles. The van der Waals surface area contributed by atoms with Gasteiger partial charge in [-0.1, -0.05) is 24.3 Å². The van der Waals surface area contributed by atoms with Crippen LogP contribution in [0.4, 0.5) is 11.4 Å². The van der Waals surface area contributed by atoms with Gasteiger partial charge < -0.3 is 10.6 Å². The largest absolute Gasteiger partial charge is 0.379 e. The molecule has 1 amide bonds. The number of carbonyl (C=O) groups excluding carboxylic acids is 1. The van der Waals surface area contributed by atoms with Crippen molar-refractivity contribution in [3.63, 3.8) is 0 Å². The predicted molar refractivity (Wildman–Crippen MR) is 99.7 cm³/mol. The van der Waals surface area contributed by atoms with Crippen molar-refractivity contribution in [2.75, 3.05) is 10.6 Å². The molecule has 0 aliphatic carbocycles. The zero-order valence-corrected chi connectivity index (χ0v) is 14.3. The highest BCUT2D eigenvalue weighted by molar-refractivity contribution is 6.04. The third kappa shape index (κ3) is 4.20. The van der Waals surface area contributed by atoms with Crippen molar-refractivity contribution < 1.29 is 4.79 Å². The first kappa shape index (κ1) is 16.6. The average molecular weight is 332 g/mol. The molecular weight excluding hydrogens is 312 g/mol. The number of aryl methyl sites for hydroxylation is 2. The first-order chi connectivity index (χ1) is 12.1. The highest BCUT2D eigenvalue weighted by Crippen LogP contribution is 2.20. The monoisotopic (exact) mass is 332 g/mol. The summed E-state index contributed by atoms with van der Waals surface area (Å²) < 4.78 is 0. The lowest BCUT2D eigenvalue weighted by Crippen LogP contribution is -2.15. The number of benzene rings is 1. The van der Waals surface area contributed by atoms with Gasteiger partial charge in [-0.2, -0.15) is 0 Å². The normalized spacial score (nSPS) is 10.3. The number of pyridine rings is 2. The van der Waals surface area contributed by atoms with Gasteiger partial charge in [-0.3, -0.25) is 14.8 Å². The summed E-state index contributed by atoms with van der Waals surface area (Å²) >= 11 is 0. The maximum absolute atomic E-state index is 12.5. The Morgan fingerprint density at radius 3 is 2.48 bits per heavy atom. The van der Waals surface area contributed by atoms with Crippen LogP contribution in [0, 0.1) is 13.8 Å². The van der Waals surface area contributed by atoms with E-state index in [1.165, 1.54) is 0 Å². The van der Waals surface area contributed by atoms with Crippen LogP contribution in [0.25, 0.3) is 0 Å². The molecule has 0 saturated heterocycles. The minimum atomic E-state index is -0.223. The molecular formula is C20H20N4O. The molecule has 0 radical (unpaired) electrons. The van der Waals surface area contributed by atoms with Crippen LogP contribution in [-0.4, -0.2) is 15.9 Å². The molecule has 0 spiro atoms. The first-order valence-electron chi connectivity index (χ1n) is 8.11. The number of amides is 1. The maximum Gasteiger partial charge on any atom is 0.274 e. The van der Waals surface area contributed by atoms with Crippen LogP contribution in [0.1, 0.15) is 27.3 Å². The second-order valence-electron chi connectivity index (χ2n) is 5.83. The number of para-hydroxylation sites is 1. The van der Waals surface area contributed by atoms with Crippen LogP contribution in [0.3, 0.4) is 0 Å². The summed E-state index contributed by atoms with van der Waals surface area (Å²) in [5.41, 5.74) is 5.01. The summed E-state index contributed by atoms with van der Waals surface area (Å²) in [5.74, 6) is -0.223. The van der Waals surface area contributed by atoms with Gasteiger partial charge in [-0.25, -0.2) is 0 Å². The van der Waals surface area contributed by atoms with Crippen LogP contribution < -0.4 is 10.6 Å². The molecule has 5 heteroatoms. The molecule has 0 aliphatic rings. The van der Waals surface area contributed by atoms with E-state index in [2.05, 4.69) is 20.6 Å². The fourth-order valence-corrected chi connectivity index (χ4v) is 2.55. The van der Waals surface area contributed by atoms with Crippen molar-refractivity contribution in [3.05, 3.63) is 83.4 Å². The Kier molecular flexibility index (Phi) is 5.04. The minimum absolute atomic E-state index is 0.223. The van der Waals surface area contributed by atoms with Crippen molar-refractivity contribution in [1.82, 2.24) is 9.97 Å². The number of rotatable bonds is 5. The molecule has 3 rings (SSSR count). The Labute approximate surface area is 147 Å². The Bertz CT molecular complexity index is 858. The number of anilines is 2. The van der Waals surface area contributed by atoms with E-state index in [-0.39, 0.29) is 5.91 Å². The van der Waals surface area contributed by atoms with Crippen LogP contribution in [0.5, 0.6) is 0 Å². The van der Waals surface area contributed by atoms with Gasteiger partial charge >= 0.3 is 0 Å². The van der Waals surface area contributed by atoms with Crippen LogP contribution in [0.2, 0.25) is 0 Å². The summed E-state index contributed by atoms with van der Waals surface area (Å²) in [4.78, 5) is 21.0. The van der Waals surface area contributed by atoms with E-state index >= 15 is 0 Å². The third-order valence-electron chi connectivity index (χ3n) is 3.91. The van der Waals surface area contributed by atoms with Crippen molar-refractivity contribution >= 4 is 17.3 Å². The lowest BCUT2D eigenvalue weighted by molar-refractivity contribution is 0.102. The van der Waals surface area contributed by atoms with Crippen LogP contribution in [-0.2, 0) is 6.54 Å². The summed E-state index contributed by atoms with van der Waals surface area (Å²) in [6.45, 7) is 4.53. The van der Waals surface area contributed by atoms with E-state index in [1.54, 1.807) is 18.5 Å². The lowest BCUT2D eigenvalue weighted by atomic mass is 10.1. The van der Waals surface area contributed by atoms with Gasteiger partial charge in [-0.05, 0) is 49.2 Å². The highest BCUT2D eigenvalue weighted by atomic mass is 16.1. The Hall–Kier alpha value is -3.21. The summed E-state index contributed by atoms with van der Waals surface area (Å²) in [6, 6.07) is 15.3. The highest BCUT2D eigenvalue weighted by Gasteiger charge is 2.11. The maximum atomic E-state index is 12.5. The van der Waals surface area contributed by atoms with Gasteiger partial charge in [0, 0.05) is 23.8 Å². The molecule has 0 saturated carbocycles. The molecule has 5 nitrogen and oxygen atoms in total. The van der Waals surface area contributed by atoms with Gasteiger partial charge in [0.1, 0.15) is 5.69 Å². The quantitative estimate of drug-likeness (QED) is 0.742. The topological polar surface area (TPSA) is 66.9 Å². The van der Waals surface area contributed by atoms with Gasteiger partial charge in [0.05, 0.1) is 12.2 Å². The fourth-order valence-electron chi connectivity index (χ4n) is 2.55. The van der Waals surface area contributed by atoms with E-state index < -0.39 is 0 Å². The number of nitrogens with zero attached hydrogens (tertiary/aromatic N) is 2. The number of carbonyl (C=O) groups is 1. The summed E-state index contributed by atoms with van der Waals surface area (Å²) in [7, 11) is 0. The van der Waals surface area contributed by atoms with Crippen molar-refractivity contribution in [2.24, 2.45) is 0 Å². The zero-order valence-electron chi connectivity index (χ0n) is 14.3. The standard InChI is InChI=1S/C20H20N4O/c1-14-6-5-7-15(2)19(14)24-20(25)18-12-16(9-11-22-18)23-13-17-8-3-4-10-21-17/h3-12H,13H2,1-2H3,(H,22,23)(H,24,25). The minimum Gasteiger partial charge on any atom is -0.379 e. The van der Waals surface area contributed by atoms with Gasteiger partial charge in [-0.15, -0.1) is 0 Å². The molecule has 2 N–H and O–H groups in total. The molecule has 0 atom stereocenters. The zero-order chi connectivity index (χ0) is 17.6. The Balaban J connectivity index is 1.71. The van der Waals surface area contributed by atoms with Gasteiger partial charge in [0.2, 0.25) is 0 Å². The van der Waals surface area contributed by atoms with Crippen molar-refractivity contribution in [3.8, 4) is 0 Å². The molecule has 25 heavy (non-hydrogen) atoms. The van der Waals surface area contributed by atoms with E-state index in [9.17, 15) is 4.79 Å². The van der Waals surface area contributed by atoms with E-state index in [1.807, 2.05) is 56.3 Å². The van der Waals surface area contributed by atoms with Gasteiger partial charge in [0.15, 0.2) is 0 Å². The second kappa shape index (κ2) is 7.57. The van der Waals surface area contributed by atoms with Crippen LogP contribution >= 0.6 is 0 Å². The smallest absolute Gasteiger partial charge is 0.274 e. The first-order valence-corrected chi connectivity index (χ1v) is 8.11. The van der Waals surface area contributed by atoms with E-state index in [4.69, 9.17) is 0 Å². The average Bonchev–Trinajstić information content (AvgIpc) is 2.64. The number of hydrogen-bond donors (Lipinski definition) is 2. The lowest BCUT2D eigenvalue weighted by Gasteiger charge is -2.12. The molecule has 0 unspecified atom stereocenters. The Morgan fingerprint density at radius 2 is 1.76 bits per heavy atom. The van der Waals surface area contributed by atoms with Crippen molar-refractivity contribution in [2.45, 2.75) is 20.4 Å². The molecule has 0 bridgehead atoms. The van der Waals surface area contributed by atoms with Gasteiger partial charge in [0.25, 0.3) is 5.91 Å². The van der Waals surface area contributed by atoms with E-state index in [0.717, 1.165) is 28.2 Å².